The molecule has 0 aliphatic rings. The second-order valence-corrected chi connectivity index (χ2v) is 11.3. The predicted octanol–water partition coefficient (Wildman–Crippen LogP) is 8.50. The van der Waals surface area contributed by atoms with Gasteiger partial charge in [-0.2, -0.15) is 8.42 Å². The van der Waals surface area contributed by atoms with Gasteiger partial charge in [-0.15, -0.1) is 0 Å². The van der Waals surface area contributed by atoms with Crippen molar-refractivity contribution in [2.24, 2.45) is 0 Å². The molecule has 187 valence electrons. The maximum absolute atomic E-state index is 12.2. The van der Waals surface area contributed by atoms with Gasteiger partial charge < -0.3 is 6.15 Å². The van der Waals surface area contributed by atoms with Gasteiger partial charge in [0.25, 0.3) is 10.1 Å². The highest BCUT2D eigenvalue weighted by Crippen LogP contribution is 2.35. The predicted molar refractivity (Wildman–Crippen MR) is 139 cm³/mol. The van der Waals surface area contributed by atoms with E-state index < -0.39 is 14.9 Å². The molecule has 0 saturated heterocycles. The van der Waals surface area contributed by atoms with E-state index in [4.69, 9.17) is 0 Å². The fourth-order valence-electron chi connectivity index (χ4n) is 4.30. The Kier molecular flexibility index (Phi) is 17.1. The van der Waals surface area contributed by atoms with Crippen LogP contribution in [0.1, 0.15) is 123 Å². The third-order valence-corrected chi connectivity index (χ3v) is 8.39. The Morgan fingerprint density at radius 1 is 0.781 bits per heavy atom. The molecule has 1 rings (SSSR count). The van der Waals surface area contributed by atoms with Crippen LogP contribution in [0.2, 0.25) is 0 Å². The van der Waals surface area contributed by atoms with Crippen molar-refractivity contribution in [2.45, 2.75) is 128 Å². The molecule has 0 saturated carbocycles. The molecule has 5 heteroatoms. The molecule has 0 aliphatic carbocycles. The van der Waals surface area contributed by atoms with Crippen LogP contribution >= 0.6 is 0 Å². The van der Waals surface area contributed by atoms with Crippen LogP contribution in [-0.4, -0.2) is 17.7 Å². The van der Waals surface area contributed by atoms with Gasteiger partial charge in [-0.25, -0.2) is 0 Å². The van der Waals surface area contributed by atoms with E-state index in [9.17, 15) is 13.0 Å². The molecule has 1 aromatic rings. The van der Waals surface area contributed by atoms with Crippen molar-refractivity contribution in [3.8, 4) is 0 Å². The molecule has 4 N–H and O–H groups in total. The second kappa shape index (κ2) is 17.6. The van der Waals surface area contributed by atoms with E-state index in [2.05, 4.69) is 6.92 Å². The quantitative estimate of drug-likeness (QED) is 0.157. The maximum atomic E-state index is 12.2. The molecule has 0 aromatic heterocycles. The van der Waals surface area contributed by atoms with Crippen LogP contribution in [0.4, 0.5) is 0 Å². The summed E-state index contributed by atoms with van der Waals surface area (Å²) in [5.74, 6) is 0.859. The lowest BCUT2D eigenvalue weighted by molar-refractivity contribution is 0.423. The molecule has 1 radical (unpaired) electrons. The zero-order valence-electron chi connectivity index (χ0n) is 21.1. The Labute approximate surface area is 199 Å². The third-order valence-electron chi connectivity index (χ3n) is 6.76. The van der Waals surface area contributed by atoms with Crippen LogP contribution in [0.15, 0.2) is 30.3 Å². The van der Waals surface area contributed by atoms with Gasteiger partial charge in [-0.3, -0.25) is 4.55 Å². The topological polar surface area (TPSA) is 89.4 Å². The third kappa shape index (κ3) is 12.4. The van der Waals surface area contributed by atoms with E-state index in [1.807, 2.05) is 37.3 Å². The molecule has 0 spiro atoms. The lowest BCUT2D eigenvalue weighted by Gasteiger charge is -2.32. The normalized spacial score (nSPS) is 13.7. The van der Waals surface area contributed by atoms with Crippen molar-refractivity contribution in [3.63, 3.8) is 0 Å². The molecule has 0 aliphatic heterocycles. The maximum Gasteiger partial charge on any atom is 0.271 e. The molecule has 1 aromatic carbocycles. The lowest BCUT2D eigenvalue weighted by atomic mass is 9.85. The van der Waals surface area contributed by atoms with E-state index in [-0.39, 0.29) is 6.15 Å². The Bertz CT molecular complexity index is 663. The molecule has 0 fully saturated rings. The minimum absolute atomic E-state index is 0. The summed E-state index contributed by atoms with van der Waals surface area (Å²) in [6.45, 7) is 5.81. The van der Waals surface area contributed by atoms with Crippen molar-refractivity contribution in [2.75, 3.05) is 0 Å². The first-order chi connectivity index (χ1) is 14.8. The van der Waals surface area contributed by atoms with Gasteiger partial charge in [0.2, 0.25) is 0 Å². The molecule has 0 heterocycles. The summed E-state index contributed by atoms with van der Waals surface area (Å²) in [7, 11) is -4.17. The number of unbranched alkanes of at least 4 members (excludes halogenated alkanes) is 13. The summed E-state index contributed by atoms with van der Waals surface area (Å²) in [5.41, 5.74) is 0.933. The SMILES string of the molecule is CCCCCCCCCCCCCCCC[C](C)C(C)(Cc1ccccc1)S(=O)(=O)O.N. The molecular formula is C27H50NO3S. The smallest absolute Gasteiger partial charge is 0.271 e. The van der Waals surface area contributed by atoms with Gasteiger partial charge in [-0.1, -0.05) is 134 Å². The summed E-state index contributed by atoms with van der Waals surface area (Å²) in [6, 6.07) is 9.57. The lowest BCUT2D eigenvalue weighted by Crippen LogP contribution is -2.42. The van der Waals surface area contributed by atoms with E-state index in [1.165, 1.54) is 77.0 Å². The van der Waals surface area contributed by atoms with Crippen LogP contribution in [-0.2, 0) is 16.5 Å². The first-order valence-corrected chi connectivity index (χ1v) is 14.1. The fraction of sp³-hybridized carbons (Fsp3) is 0.741. The van der Waals surface area contributed by atoms with Crippen molar-refractivity contribution in [3.05, 3.63) is 41.8 Å². The van der Waals surface area contributed by atoms with Gasteiger partial charge in [-0.05, 0) is 31.2 Å². The Hall–Kier alpha value is -0.910. The molecular weight excluding hydrogens is 418 g/mol. The average molecular weight is 469 g/mol. The molecule has 32 heavy (non-hydrogen) atoms. The summed E-state index contributed by atoms with van der Waals surface area (Å²) in [6.07, 6.45) is 19.4. The summed E-state index contributed by atoms with van der Waals surface area (Å²) in [5, 5.41) is 0. The number of rotatable bonds is 19. The van der Waals surface area contributed by atoms with E-state index in [0.717, 1.165) is 30.7 Å². The van der Waals surface area contributed by atoms with Crippen LogP contribution in [0.3, 0.4) is 0 Å². The summed E-state index contributed by atoms with van der Waals surface area (Å²) >= 11 is 0. The Balaban J connectivity index is 0.00000961. The zero-order valence-corrected chi connectivity index (χ0v) is 21.9. The average Bonchev–Trinajstić information content (AvgIpc) is 2.73. The van der Waals surface area contributed by atoms with Crippen LogP contribution in [0, 0.1) is 5.92 Å². The minimum Gasteiger partial charge on any atom is -0.344 e. The van der Waals surface area contributed by atoms with E-state index in [1.54, 1.807) is 6.92 Å². The molecule has 1 atom stereocenters. The number of hydrogen-bond acceptors (Lipinski definition) is 3. The summed E-state index contributed by atoms with van der Waals surface area (Å²) < 4.78 is 33.1. The van der Waals surface area contributed by atoms with Gasteiger partial charge in [0.1, 0.15) is 4.75 Å². The van der Waals surface area contributed by atoms with Crippen LogP contribution in [0.25, 0.3) is 0 Å². The largest absolute Gasteiger partial charge is 0.344 e. The fourth-order valence-corrected chi connectivity index (χ4v) is 5.19. The van der Waals surface area contributed by atoms with Crippen LogP contribution in [0.5, 0.6) is 0 Å². The van der Waals surface area contributed by atoms with E-state index >= 15 is 0 Å². The first-order valence-electron chi connectivity index (χ1n) is 12.6. The highest BCUT2D eigenvalue weighted by molar-refractivity contribution is 7.87. The highest BCUT2D eigenvalue weighted by Gasteiger charge is 2.43. The van der Waals surface area contributed by atoms with Gasteiger partial charge in [0.15, 0.2) is 0 Å². The van der Waals surface area contributed by atoms with Gasteiger partial charge in [0, 0.05) is 0 Å². The molecule has 4 nitrogen and oxygen atoms in total. The van der Waals surface area contributed by atoms with Gasteiger partial charge >= 0.3 is 0 Å². The molecule has 0 bridgehead atoms. The van der Waals surface area contributed by atoms with Crippen molar-refractivity contribution in [1.29, 1.82) is 0 Å². The highest BCUT2D eigenvalue weighted by atomic mass is 32.2. The molecule has 1 unspecified atom stereocenters. The minimum atomic E-state index is -4.17. The Morgan fingerprint density at radius 3 is 1.59 bits per heavy atom. The summed E-state index contributed by atoms with van der Waals surface area (Å²) in [4.78, 5) is 0. The standard InChI is InChI=1S/C27H47O3S.H3N/c1-4-5-6-7-8-9-10-11-12-13-14-15-16-18-21-25(2)27(3,31(28,29)30)24-26-22-19-17-20-23-26;/h17,19-20,22-23H,4-16,18,21,24H2,1-3H3,(H,28,29,30);1H3. The first kappa shape index (κ1) is 31.1. The zero-order chi connectivity index (χ0) is 23.0. The van der Waals surface area contributed by atoms with Crippen LogP contribution < -0.4 is 6.15 Å². The second-order valence-electron chi connectivity index (χ2n) is 9.49. The van der Waals surface area contributed by atoms with Gasteiger partial charge in [0.05, 0.1) is 0 Å². The van der Waals surface area contributed by atoms with E-state index in [0.29, 0.717) is 6.42 Å². The van der Waals surface area contributed by atoms with Crippen molar-refractivity contribution >= 4 is 10.1 Å². The Morgan fingerprint density at radius 2 is 1.19 bits per heavy atom. The number of hydrogen-bond donors (Lipinski definition) is 2. The number of benzene rings is 1. The molecule has 0 amide bonds. The van der Waals surface area contributed by atoms with Crippen molar-refractivity contribution < 1.29 is 13.0 Å². The monoisotopic (exact) mass is 468 g/mol. The van der Waals surface area contributed by atoms with Crippen molar-refractivity contribution in [1.82, 2.24) is 6.15 Å².